The van der Waals surface area contributed by atoms with Crippen LogP contribution in [0.5, 0.6) is 0 Å². The molecule has 0 aliphatic rings. The molecule has 0 N–H and O–H groups in total. The van der Waals surface area contributed by atoms with Gasteiger partial charge >= 0.3 is 5.97 Å². The smallest absolute Gasteiger partial charge is 0.356 e. The van der Waals surface area contributed by atoms with E-state index in [0.717, 1.165) is 5.56 Å². The summed E-state index contributed by atoms with van der Waals surface area (Å²) in [5, 5.41) is 0.0201. The van der Waals surface area contributed by atoms with Gasteiger partial charge in [-0.1, -0.05) is 0 Å². The summed E-state index contributed by atoms with van der Waals surface area (Å²) in [6, 6.07) is 3.42. The van der Waals surface area contributed by atoms with Gasteiger partial charge in [0.2, 0.25) is 5.28 Å². The normalized spacial score (nSPS) is 10.3. The van der Waals surface area contributed by atoms with Gasteiger partial charge in [-0.2, -0.15) is 0 Å². The predicted octanol–water partition coefficient (Wildman–Crippen LogP) is 1.92. The van der Waals surface area contributed by atoms with Gasteiger partial charge < -0.3 is 9.30 Å². The average molecular weight is 252 g/mol. The highest BCUT2D eigenvalue weighted by atomic mass is 35.5. The first-order chi connectivity index (χ1) is 8.10. The molecule has 0 aliphatic carbocycles. The van der Waals surface area contributed by atoms with E-state index in [1.807, 2.05) is 30.1 Å². The average Bonchev–Trinajstić information content (AvgIpc) is 2.74. The lowest BCUT2D eigenvalue weighted by molar-refractivity contribution is 0.0594. The van der Waals surface area contributed by atoms with Crippen LogP contribution in [0.2, 0.25) is 5.28 Å². The highest BCUT2D eigenvalue weighted by Gasteiger charge is 2.12. The Hall–Kier alpha value is -1.88. The molecule has 6 heteroatoms. The minimum Gasteiger partial charge on any atom is -0.464 e. The molecule has 0 unspecified atom stereocenters. The molecule has 2 aromatic heterocycles. The van der Waals surface area contributed by atoms with Gasteiger partial charge in [-0.25, -0.2) is 14.8 Å². The molecule has 0 atom stereocenters. The fourth-order valence-electron chi connectivity index (χ4n) is 1.43. The lowest BCUT2D eigenvalue weighted by Gasteiger charge is -2.02. The van der Waals surface area contributed by atoms with Gasteiger partial charge in [-0.05, 0) is 23.7 Å². The second-order valence-electron chi connectivity index (χ2n) is 3.46. The lowest BCUT2D eigenvalue weighted by Crippen LogP contribution is -2.05. The summed E-state index contributed by atoms with van der Waals surface area (Å²) < 4.78 is 6.47. The topological polar surface area (TPSA) is 57.0 Å². The standard InChI is InChI=1S/C11H10ClN3O2/c1-15-4-3-7(6-15)8-5-9(10(16)17-2)14-11(12)13-8/h3-6H,1-2H3. The quantitative estimate of drug-likeness (QED) is 0.604. The zero-order chi connectivity index (χ0) is 12.4. The maximum Gasteiger partial charge on any atom is 0.356 e. The van der Waals surface area contributed by atoms with E-state index < -0.39 is 5.97 Å². The van der Waals surface area contributed by atoms with Crippen molar-refractivity contribution < 1.29 is 9.53 Å². The Labute approximate surface area is 103 Å². The number of aromatic nitrogens is 3. The van der Waals surface area contributed by atoms with Crippen LogP contribution in [-0.4, -0.2) is 27.6 Å². The van der Waals surface area contributed by atoms with Gasteiger partial charge in [0.15, 0.2) is 5.69 Å². The van der Waals surface area contributed by atoms with Crippen LogP contribution < -0.4 is 0 Å². The number of ether oxygens (including phenoxy) is 1. The molecule has 0 radical (unpaired) electrons. The summed E-state index contributed by atoms with van der Waals surface area (Å²) in [5.41, 5.74) is 1.60. The van der Waals surface area contributed by atoms with E-state index in [2.05, 4.69) is 14.7 Å². The number of carbonyl (C=O) groups is 1. The molecule has 17 heavy (non-hydrogen) atoms. The number of methoxy groups -OCH3 is 1. The fourth-order valence-corrected chi connectivity index (χ4v) is 1.61. The largest absolute Gasteiger partial charge is 0.464 e. The molecule has 0 fully saturated rings. The molecular weight excluding hydrogens is 242 g/mol. The number of esters is 1. The minimum atomic E-state index is -0.536. The Morgan fingerprint density at radius 1 is 1.47 bits per heavy atom. The van der Waals surface area contributed by atoms with Crippen molar-refractivity contribution in [2.45, 2.75) is 0 Å². The summed E-state index contributed by atoms with van der Waals surface area (Å²) in [6.07, 6.45) is 3.75. The van der Waals surface area contributed by atoms with Crippen molar-refractivity contribution in [2.75, 3.05) is 7.11 Å². The van der Waals surface area contributed by atoms with Gasteiger partial charge in [0.25, 0.3) is 0 Å². The summed E-state index contributed by atoms with van der Waals surface area (Å²) in [6.45, 7) is 0. The van der Waals surface area contributed by atoms with E-state index in [4.69, 9.17) is 11.6 Å². The van der Waals surface area contributed by atoms with E-state index in [1.165, 1.54) is 7.11 Å². The van der Waals surface area contributed by atoms with Crippen molar-refractivity contribution in [1.29, 1.82) is 0 Å². The van der Waals surface area contributed by atoms with E-state index >= 15 is 0 Å². The van der Waals surface area contributed by atoms with Gasteiger partial charge in [0.05, 0.1) is 12.8 Å². The van der Waals surface area contributed by atoms with Crippen molar-refractivity contribution in [3.8, 4) is 11.3 Å². The van der Waals surface area contributed by atoms with Crippen LogP contribution in [0.25, 0.3) is 11.3 Å². The van der Waals surface area contributed by atoms with Crippen molar-refractivity contribution in [3.05, 3.63) is 35.5 Å². The lowest BCUT2D eigenvalue weighted by atomic mass is 10.2. The third-order valence-electron chi connectivity index (χ3n) is 2.22. The van der Waals surface area contributed by atoms with Gasteiger partial charge in [0, 0.05) is 25.0 Å². The molecule has 2 rings (SSSR count). The molecule has 0 saturated heterocycles. The molecule has 0 aliphatic heterocycles. The molecule has 0 saturated carbocycles. The molecule has 0 aromatic carbocycles. The van der Waals surface area contributed by atoms with Crippen LogP contribution in [-0.2, 0) is 11.8 Å². The first-order valence-corrected chi connectivity index (χ1v) is 5.23. The van der Waals surface area contributed by atoms with Crippen molar-refractivity contribution in [3.63, 3.8) is 0 Å². The number of carbonyl (C=O) groups excluding carboxylic acids is 1. The number of aryl methyl sites for hydroxylation is 1. The minimum absolute atomic E-state index is 0.0201. The first kappa shape index (κ1) is 11.6. The van der Waals surface area contributed by atoms with E-state index in [9.17, 15) is 4.79 Å². The Morgan fingerprint density at radius 2 is 2.24 bits per heavy atom. The molecule has 2 heterocycles. The van der Waals surface area contributed by atoms with Crippen LogP contribution in [0.1, 0.15) is 10.5 Å². The summed E-state index contributed by atoms with van der Waals surface area (Å²) >= 11 is 5.77. The van der Waals surface area contributed by atoms with Gasteiger partial charge in [-0.15, -0.1) is 0 Å². The number of rotatable bonds is 2. The molecule has 0 amide bonds. The second kappa shape index (κ2) is 4.55. The summed E-state index contributed by atoms with van der Waals surface area (Å²) in [4.78, 5) is 19.3. The Balaban J connectivity index is 2.48. The number of hydrogen-bond acceptors (Lipinski definition) is 4. The maximum atomic E-state index is 11.4. The van der Waals surface area contributed by atoms with Crippen LogP contribution >= 0.6 is 11.6 Å². The third kappa shape index (κ3) is 2.45. The zero-order valence-electron chi connectivity index (χ0n) is 9.35. The predicted molar refractivity (Wildman–Crippen MR) is 62.8 cm³/mol. The molecule has 2 aromatic rings. The summed E-state index contributed by atoms with van der Waals surface area (Å²) in [5.74, 6) is -0.536. The number of nitrogens with zero attached hydrogens (tertiary/aromatic N) is 3. The fraction of sp³-hybridized carbons (Fsp3) is 0.182. The highest BCUT2D eigenvalue weighted by molar-refractivity contribution is 6.28. The van der Waals surface area contributed by atoms with E-state index in [-0.39, 0.29) is 11.0 Å². The Morgan fingerprint density at radius 3 is 2.82 bits per heavy atom. The Kier molecular flexibility index (Phi) is 3.10. The first-order valence-electron chi connectivity index (χ1n) is 4.85. The van der Waals surface area contributed by atoms with Crippen LogP contribution in [0.15, 0.2) is 24.5 Å². The van der Waals surface area contributed by atoms with Crippen LogP contribution in [0, 0.1) is 0 Å². The molecule has 0 bridgehead atoms. The third-order valence-corrected chi connectivity index (χ3v) is 2.39. The van der Waals surface area contributed by atoms with Crippen LogP contribution in [0.4, 0.5) is 0 Å². The van der Waals surface area contributed by atoms with Crippen molar-refractivity contribution in [2.24, 2.45) is 7.05 Å². The molecule has 88 valence electrons. The SMILES string of the molecule is COC(=O)c1cc(-c2ccn(C)c2)nc(Cl)n1. The van der Waals surface area contributed by atoms with Crippen molar-refractivity contribution in [1.82, 2.24) is 14.5 Å². The van der Waals surface area contributed by atoms with Gasteiger partial charge in [-0.3, -0.25) is 0 Å². The van der Waals surface area contributed by atoms with Crippen molar-refractivity contribution >= 4 is 17.6 Å². The second-order valence-corrected chi connectivity index (χ2v) is 3.80. The zero-order valence-corrected chi connectivity index (χ0v) is 10.1. The number of hydrogen-bond donors (Lipinski definition) is 0. The van der Waals surface area contributed by atoms with E-state index in [1.54, 1.807) is 6.07 Å². The van der Waals surface area contributed by atoms with E-state index in [0.29, 0.717) is 5.69 Å². The van der Waals surface area contributed by atoms with Gasteiger partial charge in [0.1, 0.15) is 0 Å². The summed E-state index contributed by atoms with van der Waals surface area (Å²) in [7, 11) is 3.19. The molecular formula is C11H10ClN3O2. The molecule has 0 spiro atoms. The molecule has 5 nitrogen and oxygen atoms in total. The maximum absolute atomic E-state index is 11.4. The monoisotopic (exact) mass is 251 g/mol. The number of halogens is 1. The Bertz CT molecular complexity index is 566. The highest BCUT2D eigenvalue weighted by Crippen LogP contribution is 2.19. The van der Waals surface area contributed by atoms with Crippen LogP contribution in [0.3, 0.4) is 0 Å².